The molecule has 0 unspecified atom stereocenters. The molecule has 2 amide bonds. The molecule has 0 radical (unpaired) electrons. The zero-order valence-electron chi connectivity index (χ0n) is 18.0. The molecule has 3 aromatic rings. The summed E-state index contributed by atoms with van der Waals surface area (Å²) in [5.41, 5.74) is 5.23. The summed E-state index contributed by atoms with van der Waals surface area (Å²) in [5, 5.41) is 7.43. The van der Waals surface area contributed by atoms with Gasteiger partial charge >= 0.3 is 0 Å². The molecule has 0 bridgehead atoms. The van der Waals surface area contributed by atoms with E-state index in [0.717, 1.165) is 46.1 Å². The Hall–Kier alpha value is -3.45. The van der Waals surface area contributed by atoms with Gasteiger partial charge in [-0.3, -0.25) is 14.5 Å². The van der Waals surface area contributed by atoms with Gasteiger partial charge in [-0.1, -0.05) is 24.3 Å². The molecule has 2 aliphatic rings. The molecule has 2 heterocycles. The van der Waals surface area contributed by atoms with E-state index in [1.54, 1.807) is 0 Å². The predicted octanol–water partition coefficient (Wildman–Crippen LogP) is 3.80. The van der Waals surface area contributed by atoms with Crippen LogP contribution in [0.5, 0.6) is 0 Å². The highest BCUT2D eigenvalue weighted by atomic mass is 32.1. The van der Waals surface area contributed by atoms with Crippen LogP contribution in [0.25, 0.3) is 17.0 Å². The third-order valence-corrected chi connectivity index (χ3v) is 6.29. The van der Waals surface area contributed by atoms with Gasteiger partial charge in [-0.25, -0.2) is 0 Å². The van der Waals surface area contributed by atoms with Crippen molar-refractivity contribution in [2.75, 3.05) is 4.90 Å². The molecule has 0 atom stereocenters. The maximum Gasteiger partial charge on any atom is 0.281 e. The second kappa shape index (κ2) is 7.91. The van der Waals surface area contributed by atoms with Crippen LogP contribution in [0.15, 0.2) is 54.4 Å². The lowest BCUT2D eigenvalue weighted by Crippen LogP contribution is -2.30. The fourth-order valence-electron chi connectivity index (χ4n) is 3.97. The first-order valence-electron chi connectivity index (χ1n) is 10.7. The van der Waals surface area contributed by atoms with E-state index in [1.165, 1.54) is 4.90 Å². The largest absolute Gasteiger partial charge is 0.352 e. The number of benzene rings is 2. The number of nitrogens with one attached hydrogen (secondary N) is 2. The van der Waals surface area contributed by atoms with E-state index in [1.807, 2.05) is 73.2 Å². The van der Waals surface area contributed by atoms with Gasteiger partial charge in [0, 0.05) is 28.7 Å². The van der Waals surface area contributed by atoms with E-state index in [0.29, 0.717) is 16.9 Å². The maximum atomic E-state index is 13.2. The lowest BCUT2D eigenvalue weighted by molar-refractivity contribution is -0.121. The molecular weight excluding hydrogens is 420 g/mol. The molecule has 7 heteroatoms. The highest BCUT2D eigenvalue weighted by molar-refractivity contribution is 7.80. The van der Waals surface area contributed by atoms with Gasteiger partial charge in [-0.15, -0.1) is 0 Å². The molecule has 1 saturated heterocycles. The number of carbonyl (C=O) groups excluding carboxylic acids is 2. The number of carbonyl (C=O) groups is 2. The van der Waals surface area contributed by atoms with Gasteiger partial charge in [0.2, 0.25) is 5.91 Å². The summed E-state index contributed by atoms with van der Waals surface area (Å²) < 4.78 is 1.93. The second-order valence-corrected chi connectivity index (χ2v) is 8.86. The number of nitrogens with zero attached hydrogens (tertiary/aromatic N) is 2. The number of thiocarbonyl (C=S) groups is 1. The van der Waals surface area contributed by atoms with Gasteiger partial charge in [0.25, 0.3) is 5.91 Å². The van der Waals surface area contributed by atoms with E-state index in [9.17, 15) is 9.59 Å². The molecule has 5 rings (SSSR count). The average Bonchev–Trinajstić information content (AvgIpc) is 3.45. The van der Waals surface area contributed by atoms with Gasteiger partial charge in [-0.2, -0.15) is 0 Å². The van der Waals surface area contributed by atoms with Crippen molar-refractivity contribution < 1.29 is 9.59 Å². The summed E-state index contributed by atoms with van der Waals surface area (Å²) in [5.74, 6) is -0.189. The first kappa shape index (κ1) is 20.5. The molecule has 1 saturated carbocycles. The van der Waals surface area contributed by atoms with Gasteiger partial charge in [0.15, 0.2) is 5.11 Å². The summed E-state index contributed by atoms with van der Waals surface area (Å²) in [6.07, 6.45) is 5.84. The number of aromatic nitrogens is 1. The SMILES string of the molecule is Cc1ccc(N2C(=O)/C(=C/c3cn(CC(=O)NC4CC4)c4ccccc34)NC2=S)cc1C. The smallest absolute Gasteiger partial charge is 0.281 e. The lowest BCUT2D eigenvalue weighted by atomic mass is 10.1. The number of amides is 2. The maximum absolute atomic E-state index is 13.2. The fraction of sp³-hybridized carbons (Fsp3) is 0.240. The molecular formula is C25H24N4O2S. The van der Waals surface area contributed by atoms with Crippen LogP contribution in [0.1, 0.15) is 29.5 Å². The number of hydrogen-bond donors (Lipinski definition) is 2. The fourth-order valence-corrected chi connectivity index (χ4v) is 4.26. The summed E-state index contributed by atoms with van der Waals surface area (Å²) in [6.45, 7) is 4.29. The molecule has 2 aromatic carbocycles. The van der Waals surface area contributed by atoms with Crippen LogP contribution in [0, 0.1) is 13.8 Å². The van der Waals surface area contributed by atoms with Gasteiger partial charge in [0.1, 0.15) is 12.2 Å². The van der Waals surface area contributed by atoms with E-state index >= 15 is 0 Å². The summed E-state index contributed by atoms with van der Waals surface area (Å²) in [4.78, 5) is 27.1. The molecule has 32 heavy (non-hydrogen) atoms. The molecule has 162 valence electrons. The van der Waals surface area contributed by atoms with Crippen LogP contribution in [0.4, 0.5) is 5.69 Å². The van der Waals surface area contributed by atoms with E-state index in [4.69, 9.17) is 12.2 Å². The van der Waals surface area contributed by atoms with Crippen LogP contribution >= 0.6 is 12.2 Å². The molecule has 2 N–H and O–H groups in total. The Labute approximate surface area is 191 Å². The quantitative estimate of drug-likeness (QED) is 0.464. The van der Waals surface area contributed by atoms with Gasteiger partial charge < -0.3 is 15.2 Å². The number of rotatable bonds is 5. The van der Waals surface area contributed by atoms with Crippen LogP contribution in [-0.2, 0) is 16.1 Å². The Balaban J connectivity index is 1.47. The highest BCUT2D eigenvalue weighted by Crippen LogP contribution is 2.28. The van der Waals surface area contributed by atoms with Crippen molar-refractivity contribution in [3.63, 3.8) is 0 Å². The third-order valence-electron chi connectivity index (χ3n) is 6.00. The summed E-state index contributed by atoms with van der Waals surface area (Å²) in [6, 6.07) is 14.1. The van der Waals surface area contributed by atoms with Crippen LogP contribution in [0.2, 0.25) is 0 Å². The van der Waals surface area contributed by atoms with Crippen molar-refractivity contribution in [2.45, 2.75) is 39.3 Å². The van der Waals surface area contributed by atoms with Gasteiger partial charge in [0.05, 0.1) is 5.69 Å². The molecule has 6 nitrogen and oxygen atoms in total. The molecule has 1 aromatic heterocycles. The molecule has 1 aliphatic carbocycles. The van der Waals surface area contributed by atoms with E-state index < -0.39 is 0 Å². The first-order valence-corrected chi connectivity index (χ1v) is 11.1. The number of hydrogen-bond acceptors (Lipinski definition) is 3. The topological polar surface area (TPSA) is 66.4 Å². The predicted molar refractivity (Wildman–Crippen MR) is 130 cm³/mol. The molecule has 0 spiro atoms. The normalized spacial score (nSPS) is 17.3. The highest BCUT2D eigenvalue weighted by Gasteiger charge is 2.32. The zero-order valence-corrected chi connectivity index (χ0v) is 18.8. The number of para-hydroxylation sites is 1. The van der Waals surface area contributed by atoms with Crippen molar-refractivity contribution >= 4 is 51.8 Å². The number of aryl methyl sites for hydroxylation is 2. The molecule has 2 fully saturated rings. The van der Waals surface area contributed by atoms with Crippen molar-refractivity contribution in [3.8, 4) is 0 Å². The van der Waals surface area contributed by atoms with Crippen molar-refractivity contribution in [1.29, 1.82) is 0 Å². The number of anilines is 1. The lowest BCUT2D eigenvalue weighted by Gasteiger charge is -2.15. The minimum absolute atomic E-state index is 0.00428. The average molecular weight is 445 g/mol. The van der Waals surface area contributed by atoms with Crippen molar-refractivity contribution in [2.24, 2.45) is 0 Å². The van der Waals surface area contributed by atoms with Crippen LogP contribution < -0.4 is 15.5 Å². The van der Waals surface area contributed by atoms with E-state index in [-0.39, 0.29) is 18.4 Å². The minimum atomic E-state index is -0.193. The Morgan fingerprint density at radius 1 is 1.19 bits per heavy atom. The first-order chi connectivity index (χ1) is 15.4. The molecule has 1 aliphatic heterocycles. The van der Waals surface area contributed by atoms with E-state index in [2.05, 4.69) is 10.6 Å². The third kappa shape index (κ3) is 3.80. The Morgan fingerprint density at radius 3 is 2.72 bits per heavy atom. The summed E-state index contributed by atoms with van der Waals surface area (Å²) >= 11 is 5.47. The Kier molecular flexibility index (Phi) is 5.06. The standard InChI is InChI=1S/C25H24N4O2S/c1-15-7-10-19(11-16(15)2)29-24(31)21(27-25(29)32)12-17-13-28(14-23(30)26-18-8-9-18)22-6-4-3-5-20(17)22/h3-7,10-13,18H,8-9,14H2,1-2H3,(H,26,30)(H,27,32)/b21-12-. The second-order valence-electron chi connectivity index (χ2n) is 8.47. The van der Waals surface area contributed by atoms with Crippen molar-refractivity contribution in [3.05, 3.63) is 71.0 Å². The zero-order chi connectivity index (χ0) is 22.4. The number of fused-ring (bicyclic) bond motifs is 1. The van der Waals surface area contributed by atoms with Crippen LogP contribution in [-0.4, -0.2) is 27.5 Å². The Morgan fingerprint density at radius 2 is 1.97 bits per heavy atom. The summed E-state index contributed by atoms with van der Waals surface area (Å²) in [7, 11) is 0. The Bertz CT molecular complexity index is 1300. The van der Waals surface area contributed by atoms with Crippen LogP contribution in [0.3, 0.4) is 0 Å². The van der Waals surface area contributed by atoms with Crippen molar-refractivity contribution in [1.82, 2.24) is 15.2 Å². The van der Waals surface area contributed by atoms with Gasteiger partial charge in [-0.05, 0) is 74.3 Å². The minimum Gasteiger partial charge on any atom is -0.352 e. The monoisotopic (exact) mass is 444 g/mol.